The van der Waals surface area contributed by atoms with Crippen LogP contribution in [0.1, 0.15) is 42.7 Å². The molecule has 0 spiro atoms. The molecule has 2 rings (SSSR count). The lowest BCUT2D eigenvalue weighted by molar-refractivity contribution is 0.0697. The number of aromatic nitrogens is 2. The minimum atomic E-state index is -1.08. The number of hydrogen-bond acceptors (Lipinski definition) is 4. The highest BCUT2D eigenvalue weighted by atomic mass is 35.5. The standard InChI is InChI=1S/C15H17ClN4O2/c1-9(2)20-8-11(7-17-20)10(3)18-19-12-4-5-14(16)13(6-12)15(21)22/h4-9,19H,1-3H3,(H,21,22)/b18-10+. The van der Waals surface area contributed by atoms with Gasteiger partial charge in [-0.05, 0) is 39.0 Å². The lowest BCUT2D eigenvalue weighted by atomic mass is 10.2. The van der Waals surface area contributed by atoms with Gasteiger partial charge in [0.1, 0.15) is 0 Å². The topological polar surface area (TPSA) is 79.5 Å². The van der Waals surface area contributed by atoms with Crippen molar-refractivity contribution in [2.24, 2.45) is 5.10 Å². The van der Waals surface area contributed by atoms with Crippen LogP contribution in [0.3, 0.4) is 0 Å². The van der Waals surface area contributed by atoms with Crippen molar-refractivity contribution in [2.75, 3.05) is 5.43 Å². The lowest BCUT2D eigenvalue weighted by Crippen LogP contribution is -2.02. The molecule has 0 saturated heterocycles. The van der Waals surface area contributed by atoms with Crippen LogP contribution in [-0.4, -0.2) is 26.6 Å². The van der Waals surface area contributed by atoms with Crippen molar-refractivity contribution in [3.05, 3.63) is 46.7 Å². The zero-order valence-electron chi connectivity index (χ0n) is 12.5. The lowest BCUT2D eigenvalue weighted by Gasteiger charge is -2.05. The SMILES string of the molecule is C/C(=N\Nc1ccc(Cl)c(C(=O)O)c1)c1cnn(C(C)C)c1. The maximum atomic E-state index is 11.0. The van der Waals surface area contributed by atoms with E-state index >= 15 is 0 Å². The summed E-state index contributed by atoms with van der Waals surface area (Å²) in [5, 5.41) is 17.7. The molecular weight excluding hydrogens is 304 g/mol. The Kier molecular flexibility index (Phi) is 4.82. The second kappa shape index (κ2) is 6.62. The second-order valence-electron chi connectivity index (χ2n) is 5.11. The van der Waals surface area contributed by atoms with Gasteiger partial charge >= 0.3 is 5.97 Å². The average Bonchev–Trinajstić information content (AvgIpc) is 2.95. The van der Waals surface area contributed by atoms with Crippen LogP contribution in [0.4, 0.5) is 5.69 Å². The molecule has 2 N–H and O–H groups in total. The molecule has 0 fully saturated rings. The number of hydrogen-bond donors (Lipinski definition) is 2. The van der Waals surface area contributed by atoms with E-state index < -0.39 is 5.97 Å². The van der Waals surface area contributed by atoms with Crippen LogP contribution in [0.5, 0.6) is 0 Å². The molecule has 0 aliphatic heterocycles. The highest BCUT2D eigenvalue weighted by Crippen LogP contribution is 2.20. The molecule has 2 aromatic rings. The summed E-state index contributed by atoms with van der Waals surface area (Å²) in [6.45, 7) is 5.94. The number of carboxylic acids is 1. The molecule has 0 amide bonds. The summed E-state index contributed by atoms with van der Waals surface area (Å²) in [7, 11) is 0. The van der Waals surface area contributed by atoms with Crippen molar-refractivity contribution < 1.29 is 9.90 Å². The Morgan fingerprint density at radius 2 is 2.18 bits per heavy atom. The monoisotopic (exact) mass is 320 g/mol. The maximum Gasteiger partial charge on any atom is 0.337 e. The van der Waals surface area contributed by atoms with E-state index in [-0.39, 0.29) is 16.6 Å². The third kappa shape index (κ3) is 3.65. The van der Waals surface area contributed by atoms with Gasteiger partial charge in [-0.2, -0.15) is 10.2 Å². The zero-order valence-corrected chi connectivity index (χ0v) is 13.3. The van der Waals surface area contributed by atoms with E-state index in [0.29, 0.717) is 5.69 Å². The summed E-state index contributed by atoms with van der Waals surface area (Å²) in [6, 6.07) is 4.92. The minimum absolute atomic E-state index is 0.0344. The first kappa shape index (κ1) is 16.0. The molecule has 1 aromatic heterocycles. The van der Waals surface area contributed by atoms with Crippen molar-refractivity contribution in [1.29, 1.82) is 0 Å². The summed E-state index contributed by atoms with van der Waals surface area (Å²) in [4.78, 5) is 11.0. The van der Waals surface area contributed by atoms with Gasteiger partial charge in [0.05, 0.1) is 28.2 Å². The molecule has 7 heteroatoms. The number of anilines is 1. The zero-order chi connectivity index (χ0) is 16.3. The number of rotatable bonds is 5. The summed E-state index contributed by atoms with van der Waals surface area (Å²) in [6.07, 6.45) is 3.65. The molecule has 6 nitrogen and oxygen atoms in total. The van der Waals surface area contributed by atoms with Gasteiger partial charge in [-0.25, -0.2) is 4.79 Å². The van der Waals surface area contributed by atoms with Crippen LogP contribution < -0.4 is 5.43 Å². The van der Waals surface area contributed by atoms with E-state index in [1.807, 2.05) is 31.6 Å². The Labute approximate surface area is 133 Å². The van der Waals surface area contributed by atoms with Gasteiger partial charge in [0, 0.05) is 17.8 Å². The molecule has 0 atom stereocenters. The van der Waals surface area contributed by atoms with Crippen LogP contribution in [0.25, 0.3) is 0 Å². The molecule has 0 aliphatic rings. The van der Waals surface area contributed by atoms with Gasteiger partial charge in [-0.1, -0.05) is 11.6 Å². The number of benzene rings is 1. The molecule has 0 radical (unpaired) electrons. The number of nitrogens with one attached hydrogen (secondary N) is 1. The van der Waals surface area contributed by atoms with Crippen molar-refractivity contribution in [3.63, 3.8) is 0 Å². The van der Waals surface area contributed by atoms with E-state index in [4.69, 9.17) is 16.7 Å². The maximum absolute atomic E-state index is 11.0. The number of aromatic carboxylic acids is 1. The Morgan fingerprint density at radius 3 is 2.77 bits per heavy atom. The van der Waals surface area contributed by atoms with Crippen molar-refractivity contribution >= 4 is 29.0 Å². The molecule has 0 aliphatic carbocycles. The summed E-state index contributed by atoms with van der Waals surface area (Å²) >= 11 is 5.83. The van der Waals surface area contributed by atoms with Crippen molar-refractivity contribution in [1.82, 2.24) is 9.78 Å². The molecule has 1 aromatic carbocycles. The fourth-order valence-electron chi connectivity index (χ4n) is 1.78. The van der Waals surface area contributed by atoms with Gasteiger partial charge in [0.25, 0.3) is 0 Å². The summed E-state index contributed by atoms with van der Waals surface area (Å²) < 4.78 is 1.85. The van der Waals surface area contributed by atoms with E-state index in [1.54, 1.807) is 12.3 Å². The van der Waals surface area contributed by atoms with Crippen LogP contribution in [0.2, 0.25) is 5.02 Å². The first-order chi connectivity index (χ1) is 10.4. The number of carboxylic acid groups (broad SMARTS) is 1. The predicted molar refractivity (Wildman–Crippen MR) is 86.9 cm³/mol. The van der Waals surface area contributed by atoms with Crippen molar-refractivity contribution in [3.8, 4) is 0 Å². The van der Waals surface area contributed by atoms with E-state index in [1.165, 1.54) is 12.1 Å². The molecule has 0 saturated carbocycles. The summed E-state index contributed by atoms with van der Waals surface area (Å²) in [5.41, 5.74) is 5.07. The Hall–Kier alpha value is -2.34. The molecule has 22 heavy (non-hydrogen) atoms. The van der Waals surface area contributed by atoms with E-state index in [2.05, 4.69) is 15.6 Å². The van der Waals surface area contributed by atoms with Gasteiger partial charge in [-0.15, -0.1) is 0 Å². The largest absolute Gasteiger partial charge is 0.478 e. The Bertz CT molecular complexity index is 722. The molecule has 116 valence electrons. The number of nitrogens with zero attached hydrogens (tertiary/aromatic N) is 3. The second-order valence-corrected chi connectivity index (χ2v) is 5.52. The molecular formula is C15H17ClN4O2. The van der Waals surface area contributed by atoms with Crippen LogP contribution >= 0.6 is 11.6 Å². The fraction of sp³-hybridized carbons (Fsp3) is 0.267. The number of carbonyl (C=O) groups is 1. The van der Waals surface area contributed by atoms with E-state index in [0.717, 1.165) is 11.3 Å². The van der Waals surface area contributed by atoms with Gasteiger partial charge in [0.15, 0.2) is 0 Å². The minimum Gasteiger partial charge on any atom is -0.478 e. The molecule has 0 unspecified atom stereocenters. The predicted octanol–water partition coefficient (Wildman–Crippen LogP) is 3.65. The highest BCUT2D eigenvalue weighted by Gasteiger charge is 2.09. The Balaban J connectivity index is 2.16. The van der Waals surface area contributed by atoms with Gasteiger partial charge in [-0.3, -0.25) is 10.1 Å². The molecule has 1 heterocycles. The first-order valence-corrected chi connectivity index (χ1v) is 7.14. The summed E-state index contributed by atoms with van der Waals surface area (Å²) in [5.74, 6) is -1.08. The van der Waals surface area contributed by atoms with E-state index in [9.17, 15) is 4.79 Å². The Morgan fingerprint density at radius 1 is 1.45 bits per heavy atom. The third-order valence-electron chi connectivity index (χ3n) is 3.10. The third-order valence-corrected chi connectivity index (χ3v) is 3.43. The van der Waals surface area contributed by atoms with Crippen molar-refractivity contribution in [2.45, 2.75) is 26.8 Å². The van der Waals surface area contributed by atoms with Crippen LogP contribution in [0, 0.1) is 0 Å². The van der Waals surface area contributed by atoms with Crippen LogP contribution in [0.15, 0.2) is 35.7 Å². The fourth-order valence-corrected chi connectivity index (χ4v) is 1.98. The highest BCUT2D eigenvalue weighted by molar-refractivity contribution is 6.33. The average molecular weight is 321 g/mol. The van der Waals surface area contributed by atoms with Gasteiger partial charge < -0.3 is 5.11 Å². The van der Waals surface area contributed by atoms with Gasteiger partial charge in [0.2, 0.25) is 0 Å². The quantitative estimate of drug-likeness (QED) is 0.651. The molecule has 0 bridgehead atoms. The number of hydrazone groups is 1. The first-order valence-electron chi connectivity index (χ1n) is 6.76. The normalized spacial score (nSPS) is 11.8. The number of halogens is 1. The smallest absolute Gasteiger partial charge is 0.337 e. The van der Waals surface area contributed by atoms with Crippen LogP contribution in [-0.2, 0) is 0 Å².